The van der Waals surface area contributed by atoms with Crippen molar-refractivity contribution in [3.63, 3.8) is 0 Å². The van der Waals surface area contributed by atoms with Gasteiger partial charge in [0.15, 0.2) is 0 Å². The van der Waals surface area contributed by atoms with Crippen molar-refractivity contribution < 1.29 is 35.1 Å². The van der Waals surface area contributed by atoms with E-state index < -0.39 is 58.9 Å². The summed E-state index contributed by atoms with van der Waals surface area (Å²) in [6, 6.07) is 16.9. The summed E-state index contributed by atoms with van der Waals surface area (Å²) < 4.78 is 93.9. The third-order valence-electron chi connectivity index (χ3n) is 8.30. The monoisotopic (exact) mass is 751 g/mol. The van der Waals surface area contributed by atoms with Gasteiger partial charge in [-0.3, -0.25) is 0 Å². The minimum absolute atomic E-state index is 0.00102. The molecule has 15 nitrogen and oxygen atoms in total. The highest BCUT2D eigenvalue weighted by Gasteiger charge is 2.37. The summed E-state index contributed by atoms with van der Waals surface area (Å²) in [5.74, 6) is -0.735. The van der Waals surface area contributed by atoms with Crippen LogP contribution in [0.4, 0.5) is 11.4 Å². The first-order valence-corrected chi connectivity index (χ1v) is 20.3. The Bertz CT molecular complexity index is 1960. The van der Waals surface area contributed by atoms with E-state index in [4.69, 9.17) is 9.84 Å². The zero-order chi connectivity index (χ0) is 36.4. The molecule has 0 aliphatic carbocycles. The fraction of sp³-hybridized carbons (Fsp3) is 0.438. The van der Waals surface area contributed by atoms with Gasteiger partial charge >= 0.3 is 0 Å². The van der Waals surface area contributed by atoms with E-state index in [-0.39, 0.29) is 62.3 Å². The minimum Gasteiger partial charge on any atom is -0.396 e. The van der Waals surface area contributed by atoms with E-state index in [1.165, 1.54) is 54.6 Å². The van der Waals surface area contributed by atoms with Gasteiger partial charge in [0, 0.05) is 58.4 Å². The zero-order valence-corrected chi connectivity index (χ0v) is 30.0. The fourth-order valence-electron chi connectivity index (χ4n) is 5.66. The van der Waals surface area contributed by atoms with Crippen molar-refractivity contribution in [3.8, 4) is 0 Å². The van der Waals surface area contributed by atoms with Crippen molar-refractivity contribution in [2.45, 2.75) is 40.9 Å². The average Bonchev–Trinajstić information content (AvgIpc) is 3.11. The summed E-state index contributed by atoms with van der Waals surface area (Å²) in [7, 11) is -13.3. The first-order valence-electron chi connectivity index (χ1n) is 16.0. The maximum absolute atomic E-state index is 14.2. The number of nitrogens with zero attached hydrogens (tertiary/aromatic N) is 5. The number of hydrogen-bond donors (Lipinski definition) is 1. The maximum atomic E-state index is 14.2. The van der Waals surface area contributed by atoms with Crippen molar-refractivity contribution in [2.24, 2.45) is 16.3 Å². The predicted molar refractivity (Wildman–Crippen MR) is 186 cm³/mol. The summed E-state index contributed by atoms with van der Waals surface area (Å²) in [4.78, 5) is 22.4. The molecule has 0 spiro atoms. The van der Waals surface area contributed by atoms with Crippen LogP contribution in [0.15, 0.2) is 97.8 Å². The quantitative estimate of drug-likeness (QED) is 0.175. The van der Waals surface area contributed by atoms with Crippen LogP contribution in [-0.4, -0.2) is 102 Å². The van der Waals surface area contributed by atoms with Crippen LogP contribution in [0.2, 0.25) is 0 Å². The lowest BCUT2D eigenvalue weighted by molar-refractivity contribution is 0.0780. The fourth-order valence-corrected chi connectivity index (χ4v) is 10.6. The summed E-state index contributed by atoms with van der Waals surface area (Å²) in [6.45, 7) is -0.155. The van der Waals surface area contributed by atoms with Gasteiger partial charge in [0.1, 0.15) is 21.2 Å². The molecule has 50 heavy (non-hydrogen) atoms. The lowest BCUT2D eigenvalue weighted by Gasteiger charge is -2.35. The Kier molecular flexibility index (Phi) is 13.9. The molecule has 0 bridgehead atoms. The second-order valence-corrected chi connectivity index (χ2v) is 17.5. The Morgan fingerprint density at radius 2 is 1.08 bits per heavy atom. The van der Waals surface area contributed by atoms with Crippen molar-refractivity contribution >= 4 is 41.4 Å². The van der Waals surface area contributed by atoms with Gasteiger partial charge in [0.25, 0.3) is 0 Å². The Morgan fingerprint density at radius 3 is 1.58 bits per heavy atom. The normalized spacial score (nSPS) is 17.7. The molecular formula is C32H41N5O10S3. The van der Waals surface area contributed by atoms with Crippen molar-refractivity contribution in [2.75, 3.05) is 59.1 Å². The molecule has 0 aromatic heterocycles. The van der Waals surface area contributed by atoms with Crippen LogP contribution in [0, 0.1) is 22.7 Å². The molecule has 1 aliphatic rings. The van der Waals surface area contributed by atoms with Crippen LogP contribution in [0.25, 0.3) is 0 Å². The molecule has 272 valence electrons. The smallest absolute Gasteiger partial charge is 0.245 e. The van der Waals surface area contributed by atoms with Gasteiger partial charge in [-0.25, -0.2) is 25.3 Å². The van der Waals surface area contributed by atoms with E-state index in [0.717, 1.165) is 12.9 Å². The Labute approximate surface area is 293 Å². The van der Waals surface area contributed by atoms with Crippen molar-refractivity contribution in [1.82, 2.24) is 12.9 Å². The van der Waals surface area contributed by atoms with E-state index in [1.54, 1.807) is 25.1 Å². The van der Waals surface area contributed by atoms with Crippen LogP contribution >= 0.6 is 0 Å². The van der Waals surface area contributed by atoms with Gasteiger partial charge in [-0.2, -0.15) is 12.9 Å². The van der Waals surface area contributed by atoms with E-state index in [2.05, 4.69) is 10.4 Å². The molecule has 1 aliphatic heterocycles. The minimum atomic E-state index is -4.51. The van der Waals surface area contributed by atoms with Crippen LogP contribution in [0.1, 0.15) is 24.8 Å². The van der Waals surface area contributed by atoms with E-state index in [9.17, 15) is 35.1 Å². The number of aliphatic hydroxyl groups is 1. The Morgan fingerprint density at radius 1 is 0.640 bits per heavy atom. The van der Waals surface area contributed by atoms with Gasteiger partial charge in [-0.15, -0.1) is 9.81 Å². The SMILES string of the molecule is Cc1ccccc1S(=O)(=O)N1CCN(S(=O)(=O)c2ccccc2N=O)CCN(S(=O)(=O)c2ccccc2N=O)CC(COCCCCCO)C1. The number of rotatable bonds is 15. The van der Waals surface area contributed by atoms with Gasteiger partial charge in [0.2, 0.25) is 30.1 Å². The molecule has 1 saturated heterocycles. The summed E-state index contributed by atoms with van der Waals surface area (Å²) >= 11 is 0. The number of aliphatic hydroxyl groups excluding tert-OH is 1. The largest absolute Gasteiger partial charge is 0.396 e. The van der Waals surface area contributed by atoms with Crippen LogP contribution in [0.5, 0.6) is 0 Å². The summed E-state index contributed by atoms with van der Waals surface area (Å²) in [5.41, 5.74) is -0.250. The van der Waals surface area contributed by atoms with Crippen LogP contribution < -0.4 is 0 Å². The third-order valence-corrected chi connectivity index (χ3v) is 14.2. The standard InChI is InChI=1S/C32H41N5O10S3/c1-26-11-3-6-14-30(26)48(41,42)36-19-17-35(49(43,44)31-15-7-4-12-28(31)33-39)18-20-37(24-27(23-36)25-47-22-10-2-9-21-38)50(45,46)32-16-8-5-13-29(32)34-40/h3-8,11-16,27,38H,2,9-10,17-25H2,1H3. The summed E-state index contributed by atoms with van der Waals surface area (Å²) in [5, 5.41) is 14.8. The molecule has 1 fully saturated rings. The number of benzene rings is 3. The molecule has 0 saturated carbocycles. The zero-order valence-electron chi connectivity index (χ0n) is 27.6. The Hall–Kier alpha value is -3.49. The highest BCUT2D eigenvalue weighted by Crippen LogP contribution is 2.31. The molecule has 1 unspecified atom stereocenters. The third kappa shape index (κ3) is 9.24. The second kappa shape index (κ2) is 17.6. The van der Waals surface area contributed by atoms with Crippen LogP contribution in [-0.2, 0) is 34.8 Å². The number of hydrogen-bond acceptors (Lipinski definition) is 12. The number of nitroso groups, excluding NO2 is 2. The van der Waals surface area contributed by atoms with Crippen molar-refractivity contribution in [3.05, 3.63) is 88.2 Å². The molecule has 1 heterocycles. The molecule has 0 amide bonds. The first-order chi connectivity index (χ1) is 23.9. The van der Waals surface area contributed by atoms with E-state index in [1.807, 2.05) is 0 Å². The lowest BCUT2D eigenvalue weighted by atomic mass is 10.1. The van der Waals surface area contributed by atoms with E-state index >= 15 is 0 Å². The van der Waals surface area contributed by atoms with Crippen molar-refractivity contribution in [1.29, 1.82) is 0 Å². The topological polar surface area (TPSA) is 200 Å². The van der Waals surface area contributed by atoms with E-state index in [0.29, 0.717) is 24.8 Å². The molecule has 3 aromatic rings. The molecule has 4 rings (SSSR count). The number of aryl methyl sites for hydroxylation is 1. The second-order valence-electron chi connectivity index (χ2n) is 11.7. The number of sulfonamides is 3. The van der Waals surface area contributed by atoms with Gasteiger partial charge < -0.3 is 9.84 Å². The average molecular weight is 752 g/mol. The van der Waals surface area contributed by atoms with Gasteiger partial charge in [0.05, 0.1) is 11.5 Å². The molecule has 18 heteroatoms. The van der Waals surface area contributed by atoms with Gasteiger partial charge in [-0.05, 0) is 72.4 Å². The molecule has 1 N–H and O–H groups in total. The number of ether oxygens (including phenoxy) is 1. The highest BCUT2D eigenvalue weighted by molar-refractivity contribution is 7.90. The maximum Gasteiger partial charge on any atom is 0.245 e. The molecule has 1 atom stereocenters. The van der Waals surface area contributed by atoms with Gasteiger partial charge in [-0.1, -0.05) is 42.5 Å². The molecule has 0 radical (unpaired) electrons. The predicted octanol–water partition coefficient (Wildman–Crippen LogP) is 3.97. The molecule has 3 aromatic carbocycles. The summed E-state index contributed by atoms with van der Waals surface area (Å²) in [6.07, 6.45) is 1.89. The lowest BCUT2D eigenvalue weighted by Crippen LogP contribution is -2.50. The highest BCUT2D eigenvalue weighted by atomic mass is 32.2. The molecular weight excluding hydrogens is 711 g/mol. The number of unbranched alkanes of at least 4 members (excludes halogenated alkanes) is 2. The Balaban J connectivity index is 1.82. The van der Waals surface area contributed by atoms with Crippen LogP contribution in [0.3, 0.4) is 0 Å². The first kappa shape index (κ1) is 39.3.